The number of hydrogen-bond acceptors (Lipinski definition) is 0. The van der Waals surface area contributed by atoms with Crippen LogP contribution in [0.2, 0.25) is 0 Å². The summed E-state index contributed by atoms with van der Waals surface area (Å²) in [6.45, 7) is 12.1. The first-order valence-corrected chi connectivity index (χ1v) is 6.05. The second kappa shape index (κ2) is 2.74. The van der Waals surface area contributed by atoms with E-state index in [1.807, 2.05) is 0 Å². The molecule has 2 aliphatic carbocycles. The molecule has 0 spiro atoms. The van der Waals surface area contributed by atoms with E-state index in [9.17, 15) is 0 Å². The molecule has 0 N–H and O–H groups in total. The van der Waals surface area contributed by atoms with Crippen LogP contribution in [0, 0.1) is 35.0 Å². The van der Waals surface area contributed by atoms with Gasteiger partial charge < -0.3 is 0 Å². The lowest BCUT2D eigenvalue weighted by atomic mass is 9.88. The van der Waals surface area contributed by atoms with Crippen molar-refractivity contribution >= 4 is 0 Å². The Labute approximate surface area is 83.1 Å². The number of rotatable bonds is 3. The van der Waals surface area contributed by atoms with Crippen LogP contribution in [0.3, 0.4) is 0 Å². The molecule has 5 unspecified atom stereocenters. The quantitative estimate of drug-likeness (QED) is 0.616. The molecule has 0 nitrogen and oxygen atoms in total. The molecular weight excluding hydrogens is 156 g/mol. The summed E-state index contributed by atoms with van der Waals surface area (Å²) in [6.07, 6.45) is 2.94. The van der Waals surface area contributed by atoms with E-state index in [4.69, 9.17) is 0 Å². The maximum Gasteiger partial charge on any atom is -0.0207 e. The molecule has 2 rings (SSSR count). The zero-order valence-electron chi connectivity index (χ0n) is 9.80. The summed E-state index contributed by atoms with van der Waals surface area (Å²) >= 11 is 0. The predicted molar refractivity (Wildman–Crippen MR) is 57.5 cm³/mol. The fourth-order valence-corrected chi connectivity index (χ4v) is 4.37. The van der Waals surface area contributed by atoms with Gasteiger partial charge in [0.05, 0.1) is 0 Å². The molecule has 0 aliphatic heterocycles. The topological polar surface area (TPSA) is 0 Å². The average Bonchev–Trinajstić information content (AvgIpc) is 2.88. The van der Waals surface area contributed by atoms with Gasteiger partial charge in [-0.25, -0.2) is 0 Å². The molecule has 0 amide bonds. The summed E-state index contributed by atoms with van der Waals surface area (Å²) in [6, 6.07) is 0. The normalized spacial score (nSPS) is 54.0. The van der Waals surface area contributed by atoms with Crippen LogP contribution in [0.4, 0.5) is 0 Å². The maximum absolute atomic E-state index is 2.49. The first-order valence-electron chi connectivity index (χ1n) is 6.05. The Kier molecular flexibility index (Phi) is 2.02. The van der Waals surface area contributed by atoms with E-state index in [1.165, 1.54) is 12.8 Å². The molecule has 2 fully saturated rings. The third-order valence-electron chi connectivity index (χ3n) is 5.03. The maximum atomic E-state index is 2.49. The summed E-state index contributed by atoms with van der Waals surface area (Å²) in [5, 5.41) is 0. The highest BCUT2D eigenvalue weighted by molar-refractivity contribution is 5.16. The van der Waals surface area contributed by atoms with Crippen LogP contribution >= 0.6 is 0 Å². The van der Waals surface area contributed by atoms with Gasteiger partial charge in [0.25, 0.3) is 0 Å². The smallest absolute Gasteiger partial charge is 0.0207 e. The van der Waals surface area contributed by atoms with Gasteiger partial charge in [0.15, 0.2) is 0 Å². The molecule has 0 aromatic heterocycles. The Balaban J connectivity index is 2.11. The highest BCUT2D eigenvalue weighted by Gasteiger charge is 2.69. The standard InChI is InChI=1S/C13H24/c1-6-13(11-7-9(11)4)10(5)12(13)8(2)3/h8-12H,6-7H2,1-5H3. The zero-order valence-corrected chi connectivity index (χ0v) is 9.80. The molecule has 2 saturated carbocycles. The first-order chi connectivity index (χ1) is 6.05. The van der Waals surface area contributed by atoms with Crippen molar-refractivity contribution in [1.82, 2.24) is 0 Å². The van der Waals surface area contributed by atoms with Gasteiger partial charge in [-0.3, -0.25) is 0 Å². The molecule has 0 radical (unpaired) electrons. The van der Waals surface area contributed by atoms with Crippen molar-refractivity contribution in [1.29, 1.82) is 0 Å². The lowest BCUT2D eigenvalue weighted by Gasteiger charge is -2.17. The van der Waals surface area contributed by atoms with Crippen molar-refractivity contribution < 1.29 is 0 Å². The van der Waals surface area contributed by atoms with Gasteiger partial charge in [-0.05, 0) is 47.8 Å². The minimum atomic E-state index is 0.771. The third-order valence-corrected chi connectivity index (χ3v) is 5.03. The molecule has 5 atom stereocenters. The number of hydrogen-bond donors (Lipinski definition) is 0. The summed E-state index contributed by atoms with van der Waals surface area (Å²) in [5.41, 5.74) is 0.771. The molecule has 0 aromatic rings. The molecule has 0 heteroatoms. The van der Waals surface area contributed by atoms with Crippen LogP contribution in [0.15, 0.2) is 0 Å². The minimum absolute atomic E-state index is 0.771. The van der Waals surface area contributed by atoms with E-state index in [0.717, 1.165) is 35.0 Å². The Hall–Kier alpha value is 0. The van der Waals surface area contributed by atoms with E-state index < -0.39 is 0 Å². The largest absolute Gasteiger partial charge is 0.0648 e. The Morgan fingerprint density at radius 2 is 1.85 bits per heavy atom. The summed E-state index contributed by atoms with van der Waals surface area (Å²) in [5.74, 6) is 5.06. The van der Waals surface area contributed by atoms with Gasteiger partial charge in [0.1, 0.15) is 0 Å². The van der Waals surface area contributed by atoms with Crippen molar-refractivity contribution in [3.63, 3.8) is 0 Å². The molecule has 0 bridgehead atoms. The van der Waals surface area contributed by atoms with E-state index in [1.54, 1.807) is 0 Å². The fraction of sp³-hybridized carbons (Fsp3) is 1.00. The van der Waals surface area contributed by atoms with E-state index >= 15 is 0 Å². The predicted octanol–water partition coefficient (Wildman–Crippen LogP) is 3.96. The van der Waals surface area contributed by atoms with Crippen LogP contribution in [-0.2, 0) is 0 Å². The summed E-state index contributed by atoms with van der Waals surface area (Å²) in [7, 11) is 0. The summed E-state index contributed by atoms with van der Waals surface area (Å²) in [4.78, 5) is 0. The highest BCUT2D eigenvalue weighted by atomic mass is 14.7. The van der Waals surface area contributed by atoms with Gasteiger partial charge in [0, 0.05) is 0 Å². The minimum Gasteiger partial charge on any atom is -0.0648 e. The van der Waals surface area contributed by atoms with E-state index in [-0.39, 0.29) is 0 Å². The summed E-state index contributed by atoms with van der Waals surface area (Å²) < 4.78 is 0. The Morgan fingerprint density at radius 3 is 2.08 bits per heavy atom. The molecule has 0 saturated heterocycles. The Bertz CT molecular complexity index is 206. The van der Waals surface area contributed by atoms with Crippen molar-refractivity contribution in [2.24, 2.45) is 35.0 Å². The van der Waals surface area contributed by atoms with Crippen molar-refractivity contribution in [2.45, 2.75) is 47.5 Å². The van der Waals surface area contributed by atoms with Crippen LogP contribution in [0.1, 0.15) is 47.5 Å². The molecular formula is C13H24. The van der Waals surface area contributed by atoms with E-state index in [2.05, 4.69) is 34.6 Å². The highest BCUT2D eigenvalue weighted by Crippen LogP contribution is 2.74. The second-order valence-electron chi connectivity index (χ2n) is 5.84. The van der Waals surface area contributed by atoms with E-state index in [0.29, 0.717) is 0 Å². The van der Waals surface area contributed by atoms with Crippen molar-refractivity contribution in [3.8, 4) is 0 Å². The second-order valence-corrected chi connectivity index (χ2v) is 5.84. The Morgan fingerprint density at radius 1 is 1.31 bits per heavy atom. The molecule has 2 aliphatic rings. The monoisotopic (exact) mass is 180 g/mol. The zero-order chi connectivity index (χ0) is 9.80. The first kappa shape index (κ1) is 9.55. The van der Waals surface area contributed by atoms with Crippen LogP contribution in [-0.4, -0.2) is 0 Å². The van der Waals surface area contributed by atoms with Gasteiger partial charge >= 0.3 is 0 Å². The molecule has 13 heavy (non-hydrogen) atoms. The fourth-order valence-electron chi connectivity index (χ4n) is 4.37. The van der Waals surface area contributed by atoms with Crippen molar-refractivity contribution in [2.75, 3.05) is 0 Å². The van der Waals surface area contributed by atoms with Gasteiger partial charge in [-0.2, -0.15) is 0 Å². The van der Waals surface area contributed by atoms with Gasteiger partial charge in [-0.1, -0.05) is 34.6 Å². The van der Waals surface area contributed by atoms with Crippen LogP contribution in [0.25, 0.3) is 0 Å². The van der Waals surface area contributed by atoms with Gasteiger partial charge in [-0.15, -0.1) is 0 Å². The van der Waals surface area contributed by atoms with Crippen LogP contribution in [0.5, 0.6) is 0 Å². The van der Waals surface area contributed by atoms with Gasteiger partial charge in [0.2, 0.25) is 0 Å². The third kappa shape index (κ3) is 1.10. The SMILES string of the molecule is CCC1(C2CC2C)C(C)C1C(C)C. The molecule has 0 aromatic carbocycles. The lowest BCUT2D eigenvalue weighted by molar-refractivity contribution is 0.317. The molecule has 0 heterocycles. The average molecular weight is 180 g/mol. The van der Waals surface area contributed by atoms with Crippen LogP contribution < -0.4 is 0 Å². The lowest BCUT2D eigenvalue weighted by Crippen LogP contribution is -2.10. The molecule has 76 valence electrons. The van der Waals surface area contributed by atoms with Crippen molar-refractivity contribution in [3.05, 3.63) is 0 Å².